The van der Waals surface area contributed by atoms with Crippen LogP contribution in [0.5, 0.6) is 0 Å². The van der Waals surface area contributed by atoms with Gasteiger partial charge < -0.3 is 15.0 Å². The van der Waals surface area contributed by atoms with Crippen LogP contribution >= 0.6 is 0 Å². The van der Waals surface area contributed by atoms with Crippen molar-refractivity contribution in [1.29, 1.82) is 5.26 Å². The second-order valence-electron chi connectivity index (χ2n) is 5.14. The summed E-state index contributed by atoms with van der Waals surface area (Å²) in [6.45, 7) is 2.91. The van der Waals surface area contributed by atoms with E-state index in [4.69, 9.17) is 10.00 Å². The molecular formula is C17H16N4O2. The number of amides is 1. The lowest BCUT2D eigenvalue weighted by molar-refractivity contribution is 0.102. The Bertz CT molecular complexity index is 748. The molecule has 0 unspecified atom stereocenters. The highest BCUT2D eigenvalue weighted by atomic mass is 16.5. The summed E-state index contributed by atoms with van der Waals surface area (Å²) in [6.07, 6.45) is 3.26. The van der Waals surface area contributed by atoms with Crippen molar-refractivity contribution in [2.24, 2.45) is 0 Å². The van der Waals surface area contributed by atoms with Crippen molar-refractivity contribution in [3.05, 3.63) is 53.9 Å². The molecule has 0 aliphatic carbocycles. The Morgan fingerprint density at radius 2 is 2.04 bits per heavy atom. The Balaban J connectivity index is 1.78. The summed E-state index contributed by atoms with van der Waals surface area (Å²) in [6, 6.07) is 10.8. The number of nitrogens with one attached hydrogen (secondary N) is 1. The third kappa shape index (κ3) is 3.47. The smallest absolute Gasteiger partial charge is 0.257 e. The largest absolute Gasteiger partial charge is 0.378 e. The van der Waals surface area contributed by atoms with Gasteiger partial charge in [0.25, 0.3) is 5.91 Å². The number of para-hydroxylation sites is 1. The van der Waals surface area contributed by atoms with Gasteiger partial charge in [-0.05, 0) is 18.2 Å². The molecule has 1 N–H and O–H groups in total. The number of carbonyl (C=O) groups is 1. The van der Waals surface area contributed by atoms with E-state index < -0.39 is 0 Å². The summed E-state index contributed by atoms with van der Waals surface area (Å²) >= 11 is 0. The van der Waals surface area contributed by atoms with E-state index in [1.165, 1.54) is 6.20 Å². The number of pyridine rings is 1. The number of nitriles is 1. The lowest BCUT2D eigenvalue weighted by Crippen LogP contribution is -2.36. The summed E-state index contributed by atoms with van der Waals surface area (Å²) in [5.74, 6) is -0.282. The number of hydrogen-bond donors (Lipinski definition) is 1. The van der Waals surface area contributed by atoms with Crippen molar-refractivity contribution in [3.63, 3.8) is 0 Å². The second-order valence-corrected chi connectivity index (χ2v) is 5.14. The van der Waals surface area contributed by atoms with Crippen LogP contribution in [0.1, 0.15) is 15.9 Å². The first-order chi connectivity index (χ1) is 11.3. The van der Waals surface area contributed by atoms with Crippen molar-refractivity contribution < 1.29 is 9.53 Å². The van der Waals surface area contributed by atoms with Crippen LogP contribution in [-0.2, 0) is 4.74 Å². The second kappa shape index (κ2) is 6.90. The number of hydrogen-bond acceptors (Lipinski definition) is 5. The number of ether oxygens (including phenoxy) is 1. The molecule has 2 heterocycles. The lowest BCUT2D eigenvalue weighted by Gasteiger charge is -2.28. The molecule has 0 bridgehead atoms. The van der Waals surface area contributed by atoms with Gasteiger partial charge in [0.15, 0.2) is 0 Å². The van der Waals surface area contributed by atoms with Crippen LogP contribution in [0.25, 0.3) is 0 Å². The summed E-state index contributed by atoms with van der Waals surface area (Å²) < 4.78 is 5.33. The summed E-state index contributed by atoms with van der Waals surface area (Å²) in [5.41, 5.74) is 2.28. The highest BCUT2D eigenvalue weighted by molar-refractivity contribution is 6.05. The molecule has 1 aliphatic heterocycles. The van der Waals surface area contributed by atoms with Gasteiger partial charge in [0, 0.05) is 19.3 Å². The van der Waals surface area contributed by atoms with Crippen molar-refractivity contribution in [1.82, 2.24) is 4.98 Å². The molecule has 1 fully saturated rings. The summed E-state index contributed by atoms with van der Waals surface area (Å²) in [5, 5.41) is 11.8. The van der Waals surface area contributed by atoms with Gasteiger partial charge in [-0.15, -0.1) is 0 Å². The molecule has 0 atom stereocenters. The zero-order valence-corrected chi connectivity index (χ0v) is 12.5. The van der Waals surface area contributed by atoms with Crippen LogP contribution in [0.4, 0.5) is 11.4 Å². The molecule has 2 aromatic rings. The molecule has 0 radical (unpaired) electrons. The normalized spacial score (nSPS) is 14.1. The van der Waals surface area contributed by atoms with Crippen LogP contribution in [0.3, 0.4) is 0 Å². The number of morpholine rings is 1. The minimum Gasteiger partial charge on any atom is -0.378 e. The van der Waals surface area contributed by atoms with Crippen LogP contribution in [0.15, 0.2) is 42.7 Å². The standard InChI is InChI=1S/C17H16N4O2/c18-10-13-3-1-2-4-16(13)20-17(22)14-9-15(12-19-11-14)21-5-7-23-8-6-21/h1-4,9,11-12H,5-8H2,(H,20,22). The predicted octanol–water partition coefficient (Wildman–Crippen LogP) is 2.04. The average molecular weight is 308 g/mol. The van der Waals surface area contributed by atoms with E-state index in [2.05, 4.69) is 21.3 Å². The molecule has 1 aromatic heterocycles. The third-order valence-electron chi connectivity index (χ3n) is 3.66. The van der Waals surface area contributed by atoms with Crippen molar-refractivity contribution in [3.8, 4) is 6.07 Å². The SMILES string of the molecule is N#Cc1ccccc1NC(=O)c1cncc(N2CCOCC2)c1. The Labute approximate surface area is 134 Å². The first-order valence-corrected chi connectivity index (χ1v) is 7.36. The molecule has 23 heavy (non-hydrogen) atoms. The molecule has 1 saturated heterocycles. The van der Waals surface area contributed by atoms with Gasteiger partial charge in [-0.2, -0.15) is 5.26 Å². The maximum absolute atomic E-state index is 12.4. The Hall–Kier alpha value is -2.91. The van der Waals surface area contributed by atoms with Gasteiger partial charge in [-0.25, -0.2) is 0 Å². The maximum atomic E-state index is 12.4. The number of anilines is 2. The molecular weight excluding hydrogens is 292 g/mol. The Kier molecular flexibility index (Phi) is 4.50. The quantitative estimate of drug-likeness (QED) is 0.939. The fourth-order valence-electron chi connectivity index (χ4n) is 2.43. The van der Waals surface area contributed by atoms with Gasteiger partial charge in [0.05, 0.1) is 41.9 Å². The van der Waals surface area contributed by atoms with E-state index in [1.807, 2.05) is 6.07 Å². The molecule has 0 saturated carbocycles. The zero-order chi connectivity index (χ0) is 16.1. The molecule has 116 valence electrons. The maximum Gasteiger partial charge on any atom is 0.257 e. The fourth-order valence-corrected chi connectivity index (χ4v) is 2.43. The highest BCUT2D eigenvalue weighted by Crippen LogP contribution is 2.18. The Morgan fingerprint density at radius 3 is 2.83 bits per heavy atom. The number of benzene rings is 1. The molecule has 6 heteroatoms. The highest BCUT2D eigenvalue weighted by Gasteiger charge is 2.14. The molecule has 1 aromatic carbocycles. The molecule has 6 nitrogen and oxygen atoms in total. The number of rotatable bonds is 3. The monoisotopic (exact) mass is 308 g/mol. The first kappa shape index (κ1) is 15.0. The van der Waals surface area contributed by atoms with Crippen LogP contribution in [-0.4, -0.2) is 37.2 Å². The van der Waals surface area contributed by atoms with Crippen LogP contribution < -0.4 is 10.2 Å². The van der Waals surface area contributed by atoms with E-state index in [-0.39, 0.29) is 5.91 Å². The van der Waals surface area contributed by atoms with Gasteiger partial charge in [0.1, 0.15) is 6.07 Å². The molecule has 1 amide bonds. The van der Waals surface area contributed by atoms with Crippen molar-refractivity contribution in [2.75, 3.05) is 36.5 Å². The topological polar surface area (TPSA) is 78.2 Å². The summed E-state index contributed by atoms with van der Waals surface area (Å²) in [4.78, 5) is 18.7. The number of nitrogens with zero attached hydrogens (tertiary/aromatic N) is 3. The Morgan fingerprint density at radius 1 is 1.26 bits per heavy atom. The minimum atomic E-state index is -0.282. The van der Waals surface area contributed by atoms with Crippen molar-refractivity contribution >= 4 is 17.3 Å². The van der Waals surface area contributed by atoms with E-state index >= 15 is 0 Å². The number of aromatic nitrogens is 1. The van der Waals surface area contributed by atoms with Crippen LogP contribution in [0, 0.1) is 11.3 Å². The van der Waals surface area contributed by atoms with E-state index in [1.54, 1.807) is 30.5 Å². The summed E-state index contributed by atoms with van der Waals surface area (Å²) in [7, 11) is 0. The van der Waals surface area contributed by atoms with Crippen LogP contribution in [0.2, 0.25) is 0 Å². The molecule has 3 rings (SSSR count). The number of carbonyl (C=O) groups excluding carboxylic acids is 1. The fraction of sp³-hybridized carbons (Fsp3) is 0.235. The minimum absolute atomic E-state index is 0.282. The first-order valence-electron chi connectivity index (χ1n) is 7.36. The average Bonchev–Trinajstić information content (AvgIpc) is 2.63. The van der Waals surface area contributed by atoms with E-state index in [9.17, 15) is 4.79 Å². The zero-order valence-electron chi connectivity index (χ0n) is 12.5. The van der Waals surface area contributed by atoms with Gasteiger partial charge >= 0.3 is 0 Å². The predicted molar refractivity (Wildman–Crippen MR) is 86.4 cm³/mol. The molecule has 1 aliphatic rings. The van der Waals surface area contributed by atoms with Gasteiger partial charge in [-0.1, -0.05) is 12.1 Å². The van der Waals surface area contributed by atoms with Crippen molar-refractivity contribution in [2.45, 2.75) is 0 Å². The van der Waals surface area contributed by atoms with E-state index in [0.717, 1.165) is 18.8 Å². The third-order valence-corrected chi connectivity index (χ3v) is 3.66. The van der Waals surface area contributed by atoms with Gasteiger partial charge in [0.2, 0.25) is 0 Å². The van der Waals surface area contributed by atoms with E-state index in [0.29, 0.717) is 30.0 Å². The lowest BCUT2D eigenvalue weighted by atomic mass is 10.1. The molecule has 0 spiro atoms. The van der Waals surface area contributed by atoms with Gasteiger partial charge in [-0.3, -0.25) is 9.78 Å².